The van der Waals surface area contributed by atoms with Crippen molar-refractivity contribution < 1.29 is 37.4 Å². The van der Waals surface area contributed by atoms with E-state index in [0.29, 0.717) is 6.42 Å². The molecule has 2 aromatic carbocycles. The van der Waals surface area contributed by atoms with Crippen molar-refractivity contribution in [2.24, 2.45) is 0 Å². The van der Waals surface area contributed by atoms with E-state index >= 15 is 0 Å². The predicted molar refractivity (Wildman–Crippen MR) is 118 cm³/mol. The highest BCUT2D eigenvalue weighted by Crippen LogP contribution is 2.30. The van der Waals surface area contributed by atoms with Crippen LogP contribution in [0.3, 0.4) is 0 Å². The summed E-state index contributed by atoms with van der Waals surface area (Å²) in [5, 5.41) is 17.4. The lowest BCUT2D eigenvalue weighted by atomic mass is 10.0. The molecule has 2 rings (SSSR count). The highest BCUT2D eigenvalue weighted by Gasteiger charge is 2.34. The van der Waals surface area contributed by atoms with Crippen LogP contribution in [0.2, 0.25) is 0 Å². The number of aliphatic hydroxyl groups excluding tert-OH is 1. The van der Waals surface area contributed by atoms with Gasteiger partial charge < -0.3 is 25.8 Å². The summed E-state index contributed by atoms with van der Waals surface area (Å²) in [5.41, 5.74) is -0.168. The van der Waals surface area contributed by atoms with Gasteiger partial charge in [-0.05, 0) is 43.7 Å². The van der Waals surface area contributed by atoms with Crippen molar-refractivity contribution in [1.82, 2.24) is 10.6 Å². The number of aryl methyl sites for hydroxylation is 1. The summed E-state index contributed by atoms with van der Waals surface area (Å²) in [6, 6.07) is 10.6. The molecule has 2 aromatic rings. The molecule has 0 saturated carbocycles. The molecular weight excluding hydrogens is 455 g/mol. The van der Waals surface area contributed by atoms with Gasteiger partial charge in [-0.2, -0.15) is 13.2 Å². The molecule has 34 heavy (non-hydrogen) atoms. The molecule has 3 unspecified atom stereocenters. The molecule has 0 spiro atoms. The van der Waals surface area contributed by atoms with Crippen LogP contribution >= 0.6 is 0 Å². The van der Waals surface area contributed by atoms with Gasteiger partial charge in [0, 0.05) is 5.69 Å². The molecule has 184 valence electrons. The van der Waals surface area contributed by atoms with Gasteiger partial charge in [-0.15, -0.1) is 0 Å². The molecule has 0 aliphatic rings. The molecule has 4 N–H and O–H groups in total. The molecule has 0 aromatic heterocycles. The Labute approximate surface area is 194 Å². The Bertz CT molecular complexity index is 985. The standard InChI is InChI=1S/C23H26F3N3O5/c1-27-18(19(30)22(33)34-2)21(32)29-17(12-11-14-7-4-3-5-8-14)20(31)28-16-10-6-9-15(13-16)23(24,25)26/h3-10,13,17-19,27,30H,11-12H2,1-2H3,(H,28,31)(H,29,32). The van der Waals surface area contributed by atoms with Crippen LogP contribution in [0.1, 0.15) is 17.5 Å². The van der Waals surface area contributed by atoms with E-state index in [2.05, 4.69) is 20.7 Å². The highest BCUT2D eigenvalue weighted by atomic mass is 19.4. The largest absolute Gasteiger partial charge is 0.467 e. The fourth-order valence-corrected chi connectivity index (χ4v) is 3.18. The molecule has 0 aliphatic heterocycles. The number of benzene rings is 2. The second-order valence-corrected chi connectivity index (χ2v) is 7.39. The molecule has 0 fully saturated rings. The topological polar surface area (TPSA) is 117 Å². The van der Waals surface area contributed by atoms with Gasteiger partial charge in [0.1, 0.15) is 12.1 Å². The van der Waals surface area contributed by atoms with E-state index in [4.69, 9.17) is 0 Å². The maximum absolute atomic E-state index is 13.0. The number of aliphatic hydroxyl groups is 1. The number of hydrogen-bond acceptors (Lipinski definition) is 6. The highest BCUT2D eigenvalue weighted by molar-refractivity contribution is 5.98. The lowest BCUT2D eigenvalue weighted by Gasteiger charge is -2.24. The Kier molecular flexibility index (Phi) is 9.58. The van der Waals surface area contributed by atoms with Crippen molar-refractivity contribution >= 4 is 23.5 Å². The van der Waals surface area contributed by atoms with Crippen molar-refractivity contribution in [3.8, 4) is 0 Å². The first-order valence-electron chi connectivity index (χ1n) is 10.3. The number of nitrogens with one attached hydrogen (secondary N) is 3. The number of carbonyl (C=O) groups is 3. The van der Waals surface area contributed by atoms with E-state index in [1.165, 1.54) is 13.1 Å². The van der Waals surface area contributed by atoms with Gasteiger partial charge in [-0.25, -0.2) is 4.79 Å². The first-order valence-corrected chi connectivity index (χ1v) is 10.3. The minimum atomic E-state index is -4.59. The molecule has 0 saturated heterocycles. The zero-order valence-electron chi connectivity index (χ0n) is 18.6. The number of amides is 2. The molecule has 8 nitrogen and oxygen atoms in total. The van der Waals surface area contributed by atoms with Crippen LogP contribution < -0.4 is 16.0 Å². The Balaban J connectivity index is 2.21. The van der Waals surface area contributed by atoms with Crippen molar-refractivity contribution in [3.05, 3.63) is 65.7 Å². The third-order valence-corrected chi connectivity index (χ3v) is 5.01. The lowest BCUT2D eigenvalue weighted by Crippen LogP contribution is -2.56. The predicted octanol–water partition coefficient (Wildman–Crippen LogP) is 1.88. The summed E-state index contributed by atoms with van der Waals surface area (Å²) in [7, 11) is 2.37. The summed E-state index contributed by atoms with van der Waals surface area (Å²) >= 11 is 0. The van der Waals surface area contributed by atoms with Gasteiger partial charge in [-0.1, -0.05) is 36.4 Å². The fraction of sp³-hybridized carbons (Fsp3) is 0.348. The summed E-state index contributed by atoms with van der Waals surface area (Å²) in [6.07, 6.45) is -5.96. The van der Waals surface area contributed by atoms with E-state index in [1.54, 1.807) is 12.1 Å². The van der Waals surface area contributed by atoms with E-state index in [9.17, 15) is 32.7 Å². The molecular formula is C23H26F3N3O5. The lowest BCUT2D eigenvalue weighted by molar-refractivity contribution is -0.154. The van der Waals surface area contributed by atoms with Gasteiger partial charge in [0.2, 0.25) is 11.8 Å². The Morgan fingerprint density at radius 1 is 1.03 bits per heavy atom. The van der Waals surface area contributed by atoms with Gasteiger partial charge in [0.25, 0.3) is 0 Å². The number of halogens is 3. The third kappa shape index (κ3) is 7.56. The zero-order chi connectivity index (χ0) is 25.3. The van der Waals surface area contributed by atoms with Gasteiger partial charge in [0.15, 0.2) is 6.10 Å². The van der Waals surface area contributed by atoms with Crippen molar-refractivity contribution in [2.75, 3.05) is 19.5 Å². The number of hydrogen-bond donors (Lipinski definition) is 4. The molecule has 0 bridgehead atoms. The van der Waals surface area contributed by atoms with Crippen LogP contribution in [0.15, 0.2) is 54.6 Å². The van der Waals surface area contributed by atoms with Crippen LogP contribution in [0.25, 0.3) is 0 Å². The maximum atomic E-state index is 13.0. The second-order valence-electron chi connectivity index (χ2n) is 7.39. The Hall–Kier alpha value is -3.44. The summed E-state index contributed by atoms with van der Waals surface area (Å²) in [6.45, 7) is 0. The fourth-order valence-electron chi connectivity index (χ4n) is 3.18. The van der Waals surface area contributed by atoms with E-state index < -0.39 is 47.7 Å². The van der Waals surface area contributed by atoms with E-state index in [-0.39, 0.29) is 12.1 Å². The van der Waals surface area contributed by atoms with Gasteiger partial charge >= 0.3 is 12.1 Å². The molecule has 2 amide bonds. The van der Waals surface area contributed by atoms with Gasteiger partial charge in [0.05, 0.1) is 12.7 Å². The molecule has 11 heteroatoms. The number of esters is 1. The average molecular weight is 481 g/mol. The smallest absolute Gasteiger partial charge is 0.416 e. The van der Waals surface area contributed by atoms with Crippen LogP contribution in [0, 0.1) is 0 Å². The van der Waals surface area contributed by atoms with Crippen LogP contribution in [-0.4, -0.2) is 55.2 Å². The molecule has 3 atom stereocenters. The number of methoxy groups -OCH3 is 1. The van der Waals surface area contributed by atoms with Crippen LogP contribution in [0.5, 0.6) is 0 Å². The molecule has 0 aliphatic carbocycles. The maximum Gasteiger partial charge on any atom is 0.416 e. The zero-order valence-corrected chi connectivity index (χ0v) is 18.6. The van der Waals surface area contributed by atoms with Crippen LogP contribution in [0.4, 0.5) is 18.9 Å². The van der Waals surface area contributed by atoms with E-state index in [0.717, 1.165) is 30.9 Å². The SMILES string of the molecule is CNC(C(=O)NC(CCc1ccccc1)C(=O)Nc1cccc(C(F)(F)F)c1)C(O)C(=O)OC. The van der Waals surface area contributed by atoms with E-state index in [1.807, 2.05) is 18.2 Å². The number of rotatable bonds is 10. The first kappa shape index (κ1) is 26.8. The van der Waals surface area contributed by atoms with Crippen LogP contribution in [-0.2, 0) is 31.7 Å². The monoisotopic (exact) mass is 481 g/mol. The van der Waals surface area contributed by atoms with Gasteiger partial charge in [-0.3, -0.25) is 9.59 Å². The quantitative estimate of drug-likeness (QED) is 0.385. The average Bonchev–Trinajstić information content (AvgIpc) is 2.81. The molecule has 0 radical (unpaired) electrons. The number of alkyl halides is 3. The normalized spacial score (nSPS) is 13.9. The third-order valence-electron chi connectivity index (χ3n) is 5.01. The van der Waals surface area contributed by atoms with Crippen molar-refractivity contribution in [1.29, 1.82) is 0 Å². The minimum absolute atomic E-state index is 0.0986. The summed E-state index contributed by atoms with van der Waals surface area (Å²) < 4.78 is 43.5. The Morgan fingerprint density at radius 2 is 1.71 bits per heavy atom. The Morgan fingerprint density at radius 3 is 2.29 bits per heavy atom. The van der Waals surface area contributed by atoms with Crippen molar-refractivity contribution in [3.63, 3.8) is 0 Å². The molecule has 0 heterocycles. The van der Waals surface area contributed by atoms with Crippen molar-refractivity contribution in [2.45, 2.75) is 37.2 Å². The number of carbonyl (C=O) groups excluding carboxylic acids is 3. The number of likely N-dealkylation sites (N-methyl/N-ethyl adjacent to an activating group) is 1. The minimum Gasteiger partial charge on any atom is -0.467 e. The first-order chi connectivity index (χ1) is 16.1. The summed E-state index contributed by atoms with van der Waals surface area (Å²) in [5.74, 6) is -2.67. The summed E-state index contributed by atoms with van der Waals surface area (Å²) in [4.78, 5) is 37.3. The number of ether oxygens (including phenoxy) is 1. The second kappa shape index (κ2) is 12.1. The number of anilines is 1.